The van der Waals surface area contributed by atoms with Gasteiger partial charge >= 0.3 is 0 Å². The summed E-state index contributed by atoms with van der Waals surface area (Å²) >= 11 is 6.41. The number of Topliss-reactive ketones (excluding diaryl/α,β-unsaturated/α-hetero) is 1. The van der Waals surface area contributed by atoms with Crippen molar-refractivity contribution in [2.75, 3.05) is 0 Å². The number of aromatic hydroxyl groups is 1. The van der Waals surface area contributed by atoms with Crippen molar-refractivity contribution < 1.29 is 9.90 Å². The van der Waals surface area contributed by atoms with E-state index in [1.54, 1.807) is 13.0 Å². The lowest BCUT2D eigenvalue weighted by atomic mass is 10.1. The molecular formula is C9H8Br2O2. The molecular weight excluding hydrogens is 300 g/mol. The Labute approximate surface area is 93.2 Å². The van der Waals surface area contributed by atoms with Gasteiger partial charge in [-0.1, -0.05) is 15.9 Å². The fraction of sp³-hybridized carbons (Fsp3) is 0.222. The third-order valence-electron chi connectivity index (χ3n) is 1.58. The van der Waals surface area contributed by atoms with E-state index >= 15 is 0 Å². The molecule has 0 bridgehead atoms. The fourth-order valence-corrected chi connectivity index (χ4v) is 1.73. The summed E-state index contributed by atoms with van der Waals surface area (Å²) in [5.74, 6) is 0.137. The first-order chi connectivity index (χ1) is 6.02. The number of phenols is 1. The van der Waals surface area contributed by atoms with Gasteiger partial charge < -0.3 is 5.11 Å². The van der Waals surface area contributed by atoms with Crippen LogP contribution < -0.4 is 0 Å². The van der Waals surface area contributed by atoms with Gasteiger partial charge in [0.15, 0.2) is 5.78 Å². The van der Waals surface area contributed by atoms with Gasteiger partial charge in [0.1, 0.15) is 5.75 Å². The monoisotopic (exact) mass is 306 g/mol. The largest absolute Gasteiger partial charge is 0.508 e. The summed E-state index contributed by atoms with van der Waals surface area (Å²) in [7, 11) is 0. The predicted octanol–water partition coefficient (Wildman–Crippen LogP) is 3.12. The molecule has 2 nitrogen and oxygen atoms in total. The molecule has 1 unspecified atom stereocenters. The molecule has 1 rings (SSSR count). The number of halogens is 2. The molecule has 1 N–H and O–H groups in total. The first-order valence-corrected chi connectivity index (χ1v) is 5.40. The fourth-order valence-electron chi connectivity index (χ4n) is 0.918. The zero-order valence-corrected chi connectivity index (χ0v) is 10.1. The summed E-state index contributed by atoms with van der Waals surface area (Å²) in [6.45, 7) is 1.77. The molecule has 0 saturated heterocycles. The number of hydrogen-bond acceptors (Lipinski definition) is 2. The van der Waals surface area contributed by atoms with Crippen molar-refractivity contribution in [3.05, 3.63) is 28.2 Å². The third kappa shape index (κ3) is 2.54. The minimum absolute atomic E-state index is 0.00752. The van der Waals surface area contributed by atoms with E-state index in [1.165, 1.54) is 12.1 Å². The number of ketones is 1. The standard InChI is InChI=1S/C9H8Br2O2/c1-5(10)9(13)7-3-2-6(12)4-8(7)11/h2-5,12H,1H3. The molecule has 0 aliphatic heterocycles. The molecule has 0 fully saturated rings. The lowest BCUT2D eigenvalue weighted by Crippen LogP contribution is -2.10. The second-order valence-electron chi connectivity index (χ2n) is 2.64. The zero-order chi connectivity index (χ0) is 10.0. The maximum atomic E-state index is 11.5. The summed E-state index contributed by atoms with van der Waals surface area (Å²) in [4.78, 5) is 11.3. The predicted molar refractivity (Wildman–Crippen MR) is 58.5 cm³/mol. The number of alkyl halides is 1. The van der Waals surface area contributed by atoms with E-state index in [0.717, 1.165) is 0 Å². The molecule has 1 aromatic carbocycles. The highest BCUT2D eigenvalue weighted by Gasteiger charge is 2.14. The highest BCUT2D eigenvalue weighted by atomic mass is 79.9. The molecule has 4 heteroatoms. The Bertz CT molecular complexity index is 334. The van der Waals surface area contributed by atoms with Crippen molar-refractivity contribution in [1.29, 1.82) is 0 Å². The summed E-state index contributed by atoms with van der Waals surface area (Å²) in [5.41, 5.74) is 0.571. The van der Waals surface area contributed by atoms with Crippen LogP contribution in [0.25, 0.3) is 0 Å². The molecule has 0 saturated carbocycles. The van der Waals surface area contributed by atoms with E-state index in [1.807, 2.05) is 0 Å². The van der Waals surface area contributed by atoms with Gasteiger partial charge in [-0.25, -0.2) is 0 Å². The van der Waals surface area contributed by atoms with Crippen molar-refractivity contribution in [2.45, 2.75) is 11.8 Å². The van der Waals surface area contributed by atoms with Crippen LogP contribution in [-0.4, -0.2) is 15.7 Å². The van der Waals surface area contributed by atoms with Crippen molar-refractivity contribution in [3.8, 4) is 5.75 Å². The van der Waals surface area contributed by atoms with E-state index in [9.17, 15) is 4.79 Å². The van der Waals surface area contributed by atoms with E-state index in [4.69, 9.17) is 5.11 Å². The second-order valence-corrected chi connectivity index (χ2v) is 4.87. The highest BCUT2D eigenvalue weighted by Crippen LogP contribution is 2.24. The van der Waals surface area contributed by atoms with E-state index in [2.05, 4.69) is 31.9 Å². The zero-order valence-electron chi connectivity index (χ0n) is 6.92. The lowest BCUT2D eigenvalue weighted by Gasteiger charge is -2.05. The van der Waals surface area contributed by atoms with Gasteiger partial charge in [0.25, 0.3) is 0 Å². The molecule has 0 aromatic heterocycles. The van der Waals surface area contributed by atoms with Gasteiger partial charge in [-0.05, 0) is 41.1 Å². The van der Waals surface area contributed by atoms with Crippen molar-refractivity contribution in [3.63, 3.8) is 0 Å². The Morgan fingerprint density at radius 2 is 2.15 bits per heavy atom. The van der Waals surface area contributed by atoms with E-state index in [-0.39, 0.29) is 16.4 Å². The SMILES string of the molecule is CC(Br)C(=O)c1ccc(O)cc1Br. The summed E-state index contributed by atoms with van der Waals surface area (Å²) in [6, 6.07) is 4.59. The summed E-state index contributed by atoms with van der Waals surface area (Å²) in [6.07, 6.45) is 0. The number of hydrogen-bond donors (Lipinski definition) is 1. The molecule has 13 heavy (non-hydrogen) atoms. The number of phenolic OH excluding ortho intramolecular Hbond substituents is 1. The van der Waals surface area contributed by atoms with Crippen molar-refractivity contribution >= 4 is 37.6 Å². The number of carbonyl (C=O) groups excluding carboxylic acids is 1. The molecule has 0 radical (unpaired) electrons. The van der Waals surface area contributed by atoms with Gasteiger partial charge in [-0.3, -0.25) is 4.79 Å². The van der Waals surface area contributed by atoms with Crippen LogP contribution in [0, 0.1) is 0 Å². The maximum absolute atomic E-state index is 11.5. The van der Waals surface area contributed by atoms with Gasteiger partial charge in [-0.2, -0.15) is 0 Å². The Morgan fingerprint density at radius 3 is 2.62 bits per heavy atom. The van der Waals surface area contributed by atoms with Gasteiger partial charge in [0, 0.05) is 10.0 Å². The Morgan fingerprint density at radius 1 is 1.54 bits per heavy atom. The normalized spacial score (nSPS) is 12.5. The molecule has 1 aromatic rings. The smallest absolute Gasteiger partial charge is 0.177 e. The average Bonchev–Trinajstić information content (AvgIpc) is 2.03. The van der Waals surface area contributed by atoms with Gasteiger partial charge in [0.2, 0.25) is 0 Å². The number of rotatable bonds is 2. The van der Waals surface area contributed by atoms with Crippen molar-refractivity contribution in [1.82, 2.24) is 0 Å². The first-order valence-electron chi connectivity index (χ1n) is 3.69. The molecule has 70 valence electrons. The molecule has 0 aliphatic rings. The molecule has 0 aliphatic carbocycles. The van der Waals surface area contributed by atoms with Gasteiger partial charge in [0.05, 0.1) is 4.83 Å². The summed E-state index contributed by atoms with van der Waals surface area (Å²) < 4.78 is 0.615. The van der Waals surface area contributed by atoms with Crippen LogP contribution in [0.4, 0.5) is 0 Å². The topological polar surface area (TPSA) is 37.3 Å². The quantitative estimate of drug-likeness (QED) is 0.673. The number of benzene rings is 1. The van der Waals surface area contributed by atoms with E-state index < -0.39 is 0 Å². The average molecular weight is 308 g/mol. The minimum atomic E-state index is -0.214. The van der Waals surface area contributed by atoms with Crippen LogP contribution in [0.15, 0.2) is 22.7 Å². The Balaban J connectivity index is 3.09. The lowest BCUT2D eigenvalue weighted by molar-refractivity contribution is 0.0995. The molecule has 0 amide bonds. The van der Waals surface area contributed by atoms with Crippen LogP contribution in [0.2, 0.25) is 0 Å². The summed E-state index contributed by atoms with van der Waals surface area (Å²) in [5, 5.41) is 9.10. The molecule has 1 atom stereocenters. The third-order valence-corrected chi connectivity index (χ3v) is 2.65. The van der Waals surface area contributed by atoms with Crippen molar-refractivity contribution in [2.24, 2.45) is 0 Å². The molecule has 0 spiro atoms. The van der Waals surface area contributed by atoms with Crippen LogP contribution >= 0.6 is 31.9 Å². The van der Waals surface area contributed by atoms with Crippen LogP contribution in [0.3, 0.4) is 0 Å². The van der Waals surface area contributed by atoms with Crippen LogP contribution in [-0.2, 0) is 0 Å². The minimum Gasteiger partial charge on any atom is -0.508 e. The first kappa shape index (κ1) is 10.7. The Kier molecular flexibility index (Phi) is 3.50. The Hall–Kier alpha value is -0.350. The van der Waals surface area contributed by atoms with Crippen LogP contribution in [0.1, 0.15) is 17.3 Å². The maximum Gasteiger partial charge on any atom is 0.177 e. The molecule has 0 heterocycles. The number of carbonyl (C=O) groups is 1. The second kappa shape index (κ2) is 4.24. The highest BCUT2D eigenvalue weighted by molar-refractivity contribution is 9.10. The van der Waals surface area contributed by atoms with Gasteiger partial charge in [-0.15, -0.1) is 0 Å². The van der Waals surface area contributed by atoms with Crippen LogP contribution in [0.5, 0.6) is 5.75 Å². The van der Waals surface area contributed by atoms with E-state index in [0.29, 0.717) is 10.0 Å².